The third-order valence-corrected chi connectivity index (χ3v) is 5.07. The monoisotopic (exact) mass is 314 g/mol. The number of sulfonamides is 1. The number of ether oxygens (including phenoxy) is 2. The molecule has 0 radical (unpaired) electrons. The fourth-order valence-electron chi connectivity index (χ4n) is 2.09. The Hall–Kier alpha value is -1.15. The van der Waals surface area contributed by atoms with E-state index in [4.69, 9.17) is 15.2 Å². The van der Waals surface area contributed by atoms with Gasteiger partial charge >= 0.3 is 0 Å². The van der Waals surface area contributed by atoms with Crippen LogP contribution in [0.4, 0.5) is 0 Å². The molecule has 0 aliphatic heterocycles. The van der Waals surface area contributed by atoms with E-state index < -0.39 is 10.0 Å². The summed E-state index contributed by atoms with van der Waals surface area (Å²) in [4.78, 5) is 0.213. The van der Waals surface area contributed by atoms with Gasteiger partial charge in [-0.2, -0.15) is 0 Å². The molecule has 21 heavy (non-hydrogen) atoms. The maximum absolute atomic E-state index is 12.2. The van der Waals surface area contributed by atoms with Gasteiger partial charge in [0.15, 0.2) is 0 Å². The molecule has 7 heteroatoms. The molecule has 6 nitrogen and oxygen atoms in total. The van der Waals surface area contributed by atoms with Crippen LogP contribution in [0, 0.1) is 0 Å². The van der Waals surface area contributed by atoms with Gasteiger partial charge in [0.05, 0.1) is 11.5 Å². The number of nitrogens with one attached hydrogen (secondary N) is 1. The van der Waals surface area contributed by atoms with Gasteiger partial charge in [0.2, 0.25) is 10.0 Å². The van der Waals surface area contributed by atoms with Crippen molar-refractivity contribution >= 4 is 10.0 Å². The van der Waals surface area contributed by atoms with Crippen LogP contribution < -0.4 is 15.2 Å². The molecular formula is C14H22N2O4S. The summed E-state index contributed by atoms with van der Waals surface area (Å²) in [5.41, 5.74) is 5.64. The molecule has 3 N–H and O–H groups in total. The number of hydrogen-bond donors (Lipinski definition) is 2. The third kappa shape index (κ3) is 4.41. The minimum atomic E-state index is -3.52. The van der Waals surface area contributed by atoms with Crippen LogP contribution in [-0.4, -0.2) is 40.8 Å². The van der Waals surface area contributed by atoms with Crippen molar-refractivity contribution in [1.82, 2.24) is 4.72 Å². The van der Waals surface area contributed by atoms with E-state index in [1.807, 2.05) is 0 Å². The molecule has 1 fully saturated rings. The highest BCUT2D eigenvalue weighted by Gasteiger charge is 2.33. The van der Waals surface area contributed by atoms with E-state index in [1.165, 1.54) is 12.1 Å². The van der Waals surface area contributed by atoms with Crippen molar-refractivity contribution in [2.24, 2.45) is 5.73 Å². The fraction of sp³-hybridized carbons (Fsp3) is 0.571. The minimum Gasteiger partial charge on any atom is -0.491 e. The Morgan fingerprint density at radius 2 is 1.90 bits per heavy atom. The summed E-state index contributed by atoms with van der Waals surface area (Å²) in [7, 11) is -1.93. The normalized spacial score (nSPS) is 17.2. The van der Waals surface area contributed by atoms with Gasteiger partial charge in [-0.15, -0.1) is 0 Å². The first-order valence-corrected chi connectivity index (χ1v) is 8.44. The maximum Gasteiger partial charge on any atom is 0.240 e. The lowest BCUT2D eigenvalue weighted by atomic mass is 9.78. The van der Waals surface area contributed by atoms with Crippen molar-refractivity contribution in [2.45, 2.75) is 29.7 Å². The predicted molar refractivity (Wildman–Crippen MR) is 79.8 cm³/mol. The van der Waals surface area contributed by atoms with Gasteiger partial charge in [-0.3, -0.25) is 0 Å². The van der Waals surface area contributed by atoms with Crippen LogP contribution >= 0.6 is 0 Å². The highest BCUT2D eigenvalue weighted by atomic mass is 32.2. The Kier molecular flexibility index (Phi) is 5.21. The molecule has 1 aromatic rings. The molecule has 1 aliphatic rings. The van der Waals surface area contributed by atoms with Crippen molar-refractivity contribution in [1.29, 1.82) is 0 Å². The quantitative estimate of drug-likeness (QED) is 0.695. The van der Waals surface area contributed by atoms with Crippen LogP contribution in [0.25, 0.3) is 0 Å². The Morgan fingerprint density at radius 3 is 2.43 bits per heavy atom. The van der Waals surface area contributed by atoms with E-state index >= 15 is 0 Å². The average molecular weight is 314 g/mol. The lowest BCUT2D eigenvalue weighted by molar-refractivity contribution is 0.146. The summed E-state index contributed by atoms with van der Waals surface area (Å²) < 4.78 is 37.2. The van der Waals surface area contributed by atoms with Crippen molar-refractivity contribution in [2.75, 3.05) is 26.9 Å². The second-order valence-electron chi connectivity index (χ2n) is 5.35. The first-order valence-electron chi connectivity index (χ1n) is 6.96. The van der Waals surface area contributed by atoms with Gasteiger partial charge in [-0.25, -0.2) is 13.1 Å². The van der Waals surface area contributed by atoms with Crippen LogP contribution in [0.15, 0.2) is 29.2 Å². The average Bonchev–Trinajstić information content (AvgIpc) is 2.44. The molecule has 1 aromatic carbocycles. The molecule has 0 heterocycles. The van der Waals surface area contributed by atoms with Gasteiger partial charge in [-0.05, 0) is 43.5 Å². The van der Waals surface area contributed by atoms with E-state index in [1.54, 1.807) is 19.2 Å². The maximum atomic E-state index is 12.2. The number of nitrogens with two attached hydrogens (primary N) is 1. The molecular weight excluding hydrogens is 292 g/mol. The highest BCUT2D eigenvalue weighted by Crippen LogP contribution is 2.28. The number of methoxy groups -OCH3 is 1. The zero-order valence-corrected chi connectivity index (χ0v) is 13.0. The molecule has 0 saturated heterocycles. The van der Waals surface area contributed by atoms with Gasteiger partial charge in [0, 0.05) is 19.2 Å². The zero-order valence-electron chi connectivity index (χ0n) is 12.2. The van der Waals surface area contributed by atoms with E-state index in [-0.39, 0.29) is 17.0 Å². The van der Waals surface area contributed by atoms with Gasteiger partial charge < -0.3 is 15.2 Å². The van der Waals surface area contributed by atoms with Crippen LogP contribution in [0.2, 0.25) is 0 Å². The predicted octanol–water partition coefficient (Wildman–Crippen LogP) is 0.872. The summed E-state index contributed by atoms with van der Waals surface area (Å²) in [5, 5.41) is 0. The molecule has 0 atom stereocenters. The van der Waals surface area contributed by atoms with Crippen molar-refractivity contribution in [3.05, 3.63) is 24.3 Å². The molecule has 0 unspecified atom stereocenters. The molecule has 0 aromatic heterocycles. The second kappa shape index (κ2) is 6.74. The Morgan fingerprint density at radius 1 is 1.24 bits per heavy atom. The lowest BCUT2D eigenvalue weighted by Gasteiger charge is -2.37. The first-order chi connectivity index (χ1) is 9.95. The van der Waals surface area contributed by atoms with Crippen LogP contribution in [0.3, 0.4) is 0 Å². The molecule has 0 amide bonds. The number of hydrogen-bond acceptors (Lipinski definition) is 5. The number of benzene rings is 1. The summed E-state index contributed by atoms with van der Waals surface area (Å²) in [6, 6.07) is 6.31. The van der Waals surface area contributed by atoms with Crippen LogP contribution in [0.1, 0.15) is 19.3 Å². The highest BCUT2D eigenvalue weighted by molar-refractivity contribution is 7.89. The van der Waals surface area contributed by atoms with E-state index in [0.29, 0.717) is 19.0 Å². The number of rotatable bonds is 8. The molecule has 1 saturated carbocycles. The van der Waals surface area contributed by atoms with Crippen molar-refractivity contribution in [3.8, 4) is 5.75 Å². The first kappa shape index (κ1) is 16.2. The van der Waals surface area contributed by atoms with Crippen LogP contribution in [0.5, 0.6) is 5.75 Å². The largest absolute Gasteiger partial charge is 0.491 e. The summed E-state index contributed by atoms with van der Waals surface area (Å²) >= 11 is 0. The molecule has 2 rings (SSSR count). The Balaban J connectivity index is 1.93. The van der Waals surface area contributed by atoms with Gasteiger partial charge in [0.25, 0.3) is 0 Å². The minimum absolute atomic E-state index is 0.213. The van der Waals surface area contributed by atoms with Gasteiger partial charge in [-0.1, -0.05) is 0 Å². The molecule has 0 spiro atoms. The summed E-state index contributed by atoms with van der Waals surface area (Å²) in [5.74, 6) is 0.611. The molecule has 118 valence electrons. The SMILES string of the molecule is COCCOc1ccc(S(=O)(=O)NCC2(N)CCC2)cc1. The molecule has 1 aliphatic carbocycles. The van der Waals surface area contributed by atoms with Crippen LogP contribution in [-0.2, 0) is 14.8 Å². The van der Waals surface area contributed by atoms with E-state index in [9.17, 15) is 8.42 Å². The smallest absolute Gasteiger partial charge is 0.240 e. The van der Waals surface area contributed by atoms with Crippen molar-refractivity contribution in [3.63, 3.8) is 0 Å². The standard InChI is InChI=1S/C14H22N2O4S/c1-19-9-10-20-12-3-5-13(6-4-12)21(17,18)16-11-14(15)7-2-8-14/h3-6,16H,2,7-11,15H2,1H3. The van der Waals surface area contributed by atoms with E-state index in [0.717, 1.165) is 19.3 Å². The fourth-order valence-corrected chi connectivity index (χ4v) is 3.23. The zero-order chi connectivity index (χ0) is 15.3. The summed E-state index contributed by atoms with van der Waals surface area (Å²) in [6.07, 6.45) is 2.79. The van der Waals surface area contributed by atoms with Crippen molar-refractivity contribution < 1.29 is 17.9 Å². The Labute approximate surface area is 125 Å². The second-order valence-corrected chi connectivity index (χ2v) is 7.12. The Bertz CT molecular complexity index is 553. The summed E-state index contributed by atoms with van der Waals surface area (Å²) in [6.45, 7) is 1.19. The molecule has 0 bridgehead atoms. The van der Waals surface area contributed by atoms with E-state index in [2.05, 4.69) is 4.72 Å². The third-order valence-electron chi connectivity index (χ3n) is 3.65. The lowest BCUT2D eigenvalue weighted by Crippen LogP contribution is -2.54. The topological polar surface area (TPSA) is 90.6 Å². The van der Waals surface area contributed by atoms with Gasteiger partial charge in [0.1, 0.15) is 12.4 Å².